The summed E-state index contributed by atoms with van der Waals surface area (Å²) in [5.74, 6) is 0.0283. The molecule has 2 N–H and O–H groups in total. The average Bonchev–Trinajstić information content (AvgIpc) is 2.28. The summed E-state index contributed by atoms with van der Waals surface area (Å²) >= 11 is 0. The first-order chi connectivity index (χ1) is 8.09. The second kappa shape index (κ2) is 4.75. The van der Waals surface area contributed by atoms with Gasteiger partial charge in [0, 0.05) is 11.3 Å². The summed E-state index contributed by atoms with van der Waals surface area (Å²) < 4.78 is 5.42. The zero-order valence-corrected chi connectivity index (χ0v) is 10.2. The van der Waals surface area contributed by atoms with Crippen molar-refractivity contribution in [1.29, 1.82) is 0 Å². The maximum Gasteiger partial charge on any atom is 0.254 e. The summed E-state index contributed by atoms with van der Waals surface area (Å²) in [7, 11) is 0. The van der Waals surface area contributed by atoms with Crippen molar-refractivity contribution >= 4 is 11.6 Å². The van der Waals surface area contributed by atoms with Crippen molar-refractivity contribution in [3.05, 3.63) is 29.8 Å². The van der Waals surface area contributed by atoms with Crippen LogP contribution >= 0.6 is 0 Å². The van der Waals surface area contributed by atoms with Crippen LogP contribution in [0, 0.1) is 0 Å². The van der Waals surface area contributed by atoms with Crippen LogP contribution in [0.2, 0.25) is 0 Å². The van der Waals surface area contributed by atoms with E-state index in [4.69, 9.17) is 10.5 Å². The minimum absolute atomic E-state index is 0.0283. The second-order valence-electron chi connectivity index (χ2n) is 4.57. The number of benzene rings is 1. The molecule has 1 aromatic rings. The van der Waals surface area contributed by atoms with Gasteiger partial charge >= 0.3 is 0 Å². The van der Waals surface area contributed by atoms with E-state index >= 15 is 0 Å². The zero-order chi connectivity index (χ0) is 12.4. The van der Waals surface area contributed by atoms with Gasteiger partial charge in [0.05, 0.1) is 25.3 Å². The van der Waals surface area contributed by atoms with Gasteiger partial charge in [-0.1, -0.05) is 6.07 Å². The molecule has 1 aliphatic rings. The quantitative estimate of drug-likeness (QED) is 0.749. The van der Waals surface area contributed by atoms with E-state index in [0.717, 1.165) is 0 Å². The summed E-state index contributed by atoms with van der Waals surface area (Å²) in [6.45, 7) is 5.19. The number of carbonyl (C=O) groups is 1. The normalized spacial score (nSPS) is 24.7. The molecule has 0 bridgehead atoms. The first kappa shape index (κ1) is 11.9. The van der Waals surface area contributed by atoms with E-state index in [1.54, 1.807) is 24.3 Å². The van der Waals surface area contributed by atoms with Crippen LogP contribution in [0.15, 0.2) is 24.3 Å². The molecule has 1 fully saturated rings. The number of nitrogens with zero attached hydrogens (tertiary/aromatic N) is 1. The lowest BCUT2D eigenvalue weighted by molar-refractivity contribution is -0.0249. The molecule has 0 radical (unpaired) electrons. The highest BCUT2D eigenvalue weighted by atomic mass is 16.5. The molecule has 4 nitrogen and oxygen atoms in total. The summed E-state index contributed by atoms with van der Waals surface area (Å²) in [5, 5.41) is 0. The van der Waals surface area contributed by atoms with Crippen LogP contribution < -0.4 is 5.73 Å². The number of hydrogen-bond donors (Lipinski definition) is 1. The Bertz CT molecular complexity index is 410. The number of rotatable bonds is 1. The Labute approximate surface area is 101 Å². The predicted octanol–water partition coefficient (Wildman–Crippen LogP) is 1.52. The summed E-state index contributed by atoms with van der Waals surface area (Å²) in [6.07, 6.45) is 0. The Morgan fingerprint density at radius 3 is 2.59 bits per heavy atom. The highest BCUT2D eigenvalue weighted by Crippen LogP contribution is 2.18. The molecule has 0 aliphatic carbocycles. The molecule has 1 heterocycles. The minimum atomic E-state index is 0.0283. The monoisotopic (exact) mass is 234 g/mol. The van der Waals surface area contributed by atoms with Gasteiger partial charge < -0.3 is 15.4 Å². The van der Waals surface area contributed by atoms with Gasteiger partial charge in [-0.2, -0.15) is 0 Å². The molecular formula is C13H18N2O2. The molecule has 0 aromatic heterocycles. The van der Waals surface area contributed by atoms with Crippen molar-refractivity contribution in [3.63, 3.8) is 0 Å². The molecule has 17 heavy (non-hydrogen) atoms. The fourth-order valence-corrected chi connectivity index (χ4v) is 2.23. The van der Waals surface area contributed by atoms with Crippen LogP contribution in [0.3, 0.4) is 0 Å². The topological polar surface area (TPSA) is 55.6 Å². The Kier molecular flexibility index (Phi) is 3.33. The number of ether oxygens (including phenoxy) is 1. The van der Waals surface area contributed by atoms with E-state index in [1.165, 1.54) is 0 Å². The van der Waals surface area contributed by atoms with Gasteiger partial charge in [0.1, 0.15) is 0 Å². The van der Waals surface area contributed by atoms with Crippen LogP contribution in [-0.2, 0) is 4.74 Å². The van der Waals surface area contributed by atoms with Crippen LogP contribution in [0.4, 0.5) is 5.69 Å². The van der Waals surface area contributed by atoms with Gasteiger partial charge in [-0.3, -0.25) is 4.79 Å². The second-order valence-corrected chi connectivity index (χ2v) is 4.57. The number of nitrogens with two attached hydrogens (primary N) is 1. The number of amides is 1. The number of hydrogen-bond acceptors (Lipinski definition) is 3. The van der Waals surface area contributed by atoms with Crippen LogP contribution in [0.1, 0.15) is 24.2 Å². The number of morpholine rings is 1. The van der Waals surface area contributed by atoms with Gasteiger partial charge in [0.25, 0.3) is 5.91 Å². The Balaban J connectivity index is 2.24. The molecule has 0 saturated carbocycles. The first-order valence-electron chi connectivity index (χ1n) is 5.85. The largest absolute Gasteiger partial charge is 0.399 e. The zero-order valence-electron chi connectivity index (χ0n) is 10.2. The average molecular weight is 234 g/mol. The van der Waals surface area contributed by atoms with Gasteiger partial charge in [-0.05, 0) is 32.0 Å². The van der Waals surface area contributed by atoms with Crippen LogP contribution in [-0.4, -0.2) is 36.1 Å². The van der Waals surface area contributed by atoms with E-state index < -0.39 is 0 Å². The number of anilines is 1. The van der Waals surface area contributed by atoms with Crippen molar-refractivity contribution in [2.45, 2.75) is 25.9 Å². The van der Waals surface area contributed by atoms with Gasteiger partial charge in [0.15, 0.2) is 0 Å². The molecule has 2 atom stereocenters. The molecule has 1 amide bonds. The van der Waals surface area contributed by atoms with Crippen molar-refractivity contribution in [2.75, 3.05) is 18.9 Å². The maximum atomic E-state index is 12.4. The van der Waals surface area contributed by atoms with Crippen molar-refractivity contribution in [2.24, 2.45) is 0 Å². The first-order valence-corrected chi connectivity index (χ1v) is 5.85. The van der Waals surface area contributed by atoms with E-state index in [2.05, 4.69) is 0 Å². The smallest absolute Gasteiger partial charge is 0.254 e. The maximum absolute atomic E-state index is 12.4. The molecule has 2 rings (SSSR count). The van der Waals surface area contributed by atoms with Crippen LogP contribution in [0.25, 0.3) is 0 Å². The van der Waals surface area contributed by atoms with E-state index in [9.17, 15) is 4.79 Å². The highest BCUT2D eigenvalue weighted by Gasteiger charge is 2.30. The third-order valence-corrected chi connectivity index (χ3v) is 3.04. The SMILES string of the molecule is CC1COCC(C)N1C(=O)c1cccc(N)c1. The molecule has 4 heteroatoms. The molecule has 1 saturated heterocycles. The Hall–Kier alpha value is -1.55. The molecule has 1 aliphatic heterocycles. The number of nitrogen functional groups attached to an aromatic ring is 1. The Morgan fingerprint density at radius 2 is 2.00 bits per heavy atom. The van der Waals surface area contributed by atoms with Gasteiger partial charge in [0.2, 0.25) is 0 Å². The highest BCUT2D eigenvalue weighted by molar-refractivity contribution is 5.95. The molecule has 0 spiro atoms. The van der Waals surface area contributed by atoms with Crippen molar-refractivity contribution in [1.82, 2.24) is 4.90 Å². The predicted molar refractivity (Wildman–Crippen MR) is 66.8 cm³/mol. The third-order valence-electron chi connectivity index (χ3n) is 3.04. The molecular weight excluding hydrogens is 216 g/mol. The fraction of sp³-hybridized carbons (Fsp3) is 0.462. The summed E-state index contributed by atoms with van der Waals surface area (Å²) in [5.41, 5.74) is 6.96. The van der Waals surface area contributed by atoms with E-state index in [-0.39, 0.29) is 18.0 Å². The van der Waals surface area contributed by atoms with Gasteiger partial charge in [-0.15, -0.1) is 0 Å². The van der Waals surface area contributed by atoms with Crippen LogP contribution in [0.5, 0.6) is 0 Å². The molecule has 92 valence electrons. The van der Waals surface area contributed by atoms with E-state index in [1.807, 2.05) is 18.7 Å². The van der Waals surface area contributed by atoms with E-state index in [0.29, 0.717) is 24.5 Å². The van der Waals surface area contributed by atoms with Crippen molar-refractivity contribution < 1.29 is 9.53 Å². The fourth-order valence-electron chi connectivity index (χ4n) is 2.23. The lowest BCUT2D eigenvalue weighted by Crippen LogP contribution is -2.52. The summed E-state index contributed by atoms with van der Waals surface area (Å²) in [6, 6.07) is 7.31. The molecule has 2 unspecified atom stereocenters. The Morgan fingerprint density at radius 1 is 1.35 bits per heavy atom. The third kappa shape index (κ3) is 2.42. The van der Waals surface area contributed by atoms with Gasteiger partial charge in [-0.25, -0.2) is 0 Å². The standard InChI is InChI=1S/C13H18N2O2/c1-9-7-17-8-10(2)15(9)13(16)11-4-3-5-12(14)6-11/h3-6,9-10H,7-8,14H2,1-2H3. The van der Waals surface area contributed by atoms with Crippen molar-refractivity contribution in [3.8, 4) is 0 Å². The summed E-state index contributed by atoms with van der Waals surface area (Å²) in [4.78, 5) is 14.3. The lowest BCUT2D eigenvalue weighted by Gasteiger charge is -2.38. The minimum Gasteiger partial charge on any atom is -0.399 e. The number of carbonyl (C=O) groups excluding carboxylic acids is 1. The lowest BCUT2D eigenvalue weighted by atomic mass is 10.1. The molecule has 1 aromatic carbocycles.